The molecule has 9 nitrogen and oxygen atoms in total. The molecule has 2 aliphatic carbocycles. The number of nitrogens with zero attached hydrogens (tertiary/aromatic N) is 4. The average Bonchev–Trinajstić information content (AvgIpc) is 3.52. The molecule has 3 atom stereocenters. The predicted molar refractivity (Wildman–Crippen MR) is 118 cm³/mol. The zero-order chi connectivity index (χ0) is 23.9. The molecule has 3 N–H and O–H groups in total. The summed E-state index contributed by atoms with van der Waals surface area (Å²) in [5.41, 5.74) is -0.152. The van der Waals surface area contributed by atoms with Crippen LogP contribution in [-0.4, -0.2) is 53.2 Å². The topological polar surface area (TPSA) is 103 Å². The molecule has 33 heavy (non-hydrogen) atoms. The van der Waals surface area contributed by atoms with Crippen molar-refractivity contribution in [1.82, 2.24) is 20.2 Å². The van der Waals surface area contributed by atoms with Crippen LogP contribution in [0.3, 0.4) is 0 Å². The molecule has 1 aromatic rings. The maximum atomic E-state index is 13.6. The Morgan fingerprint density at radius 1 is 1.39 bits per heavy atom. The number of amides is 1. The highest BCUT2D eigenvalue weighted by Crippen LogP contribution is 2.38. The van der Waals surface area contributed by atoms with Crippen molar-refractivity contribution in [2.45, 2.75) is 50.4 Å². The van der Waals surface area contributed by atoms with Gasteiger partial charge in [-0.15, -0.1) is 0 Å². The van der Waals surface area contributed by atoms with Gasteiger partial charge in [0.1, 0.15) is 23.5 Å². The Balaban J connectivity index is 1.61. The van der Waals surface area contributed by atoms with Crippen molar-refractivity contribution < 1.29 is 18.0 Å². The van der Waals surface area contributed by atoms with Crippen LogP contribution >= 0.6 is 0 Å². The fourth-order valence-corrected chi connectivity index (χ4v) is 3.65. The Labute approximate surface area is 187 Å². The van der Waals surface area contributed by atoms with Gasteiger partial charge < -0.3 is 20.5 Å². The second-order valence-corrected chi connectivity index (χ2v) is 8.10. The van der Waals surface area contributed by atoms with Gasteiger partial charge in [0.25, 0.3) is 17.4 Å². The molecule has 1 aromatic heterocycles. The molecule has 1 amide bonds. The van der Waals surface area contributed by atoms with Gasteiger partial charge >= 0.3 is 0 Å². The lowest BCUT2D eigenvalue weighted by molar-refractivity contribution is -0.133. The molecule has 2 heterocycles. The number of pyridine rings is 1. The summed E-state index contributed by atoms with van der Waals surface area (Å²) in [6.45, 7) is 4.94. The van der Waals surface area contributed by atoms with Gasteiger partial charge in [0.15, 0.2) is 5.84 Å². The summed E-state index contributed by atoms with van der Waals surface area (Å²) in [6.07, 6.45) is 2.23. The van der Waals surface area contributed by atoms with E-state index in [2.05, 4.69) is 32.8 Å². The number of carbonyl (C=O) groups excluding carboxylic acids is 1. The Morgan fingerprint density at radius 2 is 2.12 bits per heavy atom. The second-order valence-electron chi connectivity index (χ2n) is 8.10. The summed E-state index contributed by atoms with van der Waals surface area (Å²) in [7, 11) is 1.50. The number of carbonyl (C=O) groups is 1. The van der Waals surface area contributed by atoms with Crippen molar-refractivity contribution in [2.75, 3.05) is 12.4 Å². The number of hydrogen-bond acceptors (Lipinski definition) is 6. The lowest BCUT2D eigenvalue weighted by Crippen LogP contribution is -2.55. The van der Waals surface area contributed by atoms with Gasteiger partial charge in [0, 0.05) is 38.9 Å². The number of anilines is 1. The minimum atomic E-state index is -2.94. The van der Waals surface area contributed by atoms with Gasteiger partial charge in [0.2, 0.25) is 0 Å². The standard InChI is InChI=1S/C21H24F3N7O2/c1-11(19(32)28-15-6-7-21(15,23)24)18-29-16(10-17(25-2)31(18)26-3)27-13-5-4-8-30(20(13)33)14-9-12(14)22/h4-5,8,10,12,14-15,27,29H,3,6-7,9H2,1-2H3,(H,28,32)/b18-11+,25-17?/t12-,14-,15-/m0/s1. The molecule has 4 rings (SSSR count). The SMILES string of the molecule is C=NN1C(=NC)C=C(Nc2cccn([C@H]3C[C@@H]3F)c2=O)N/C1=C(/C)C(=O)N[C@H]1CCC1(F)F. The largest absolute Gasteiger partial charge is 0.343 e. The number of alkyl halides is 3. The highest BCUT2D eigenvalue weighted by molar-refractivity contribution is 5.99. The first kappa shape index (κ1) is 22.6. The van der Waals surface area contributed by atoms with E-state index in [1.807, 2.05) is 0 Å². The maximum Gasteiger partial charge on any atom is 0.274 e. The maximum absolute atomic E-state index is 13.6. The number of aromatic nitrogens is 1. The lowest BCUT2D eigenvalue weighted by Gasteiger charge is -2.37. The van der Waals surface area contributed by atoms with Gasteiger partial charge in [0.05, 0.1) is 17.7 Å². The molecule has 2 fully saturated rings. The molecule has 0 unspecified atom stereocenters. The first-order valence-electron chi connectivity index (χ1n) is 10.4. The van der Waals surface area contributed by atoms with Crippen LogP contribution in [-0.2, 0) is 4.79 Å². The monoisotopic (exact) mass is 463 g/mol. The van der Waals surface area contributed by atoms with Crippen LogP contribution in [0.25, 0.3) is 0 Å². The van der Waals surface area contributed by atoms with Crippen molar-refractivity contribution >= 4 is 24.1 Å². The van der Waals surface area contributed by atoms with Crippen LogP contribution in [0.1, 0.15) is 32.2 Å². The zero-order valence-corrected chi connectivity index (χ0v) is 18.1. The number of aliphatic imine (C=N–C) groups is 1. The van der Waals surface area contributed by atoms with Gasteiger partial charge in [-0.2, -0.15) is 10.1 Å². The summed E-state index contributed by atoms with van der Waals surface area (Å²) < 4.78 is 42.0. The van der Waals surface area contributed by atoms with E-state index in [1.54, 1.807) is 12.1 Å². The van der Waals surface area contributed by atoms with Crippen molar-refractivity contribution in [3.05, 3.63) is 52.0 Å². The molecular formula is C21H24F3N7O2. The Morgan fingerprint density at radius 3 is 2.67 bits per heavy atom. The van der Waals surface area contributed by atoms with Crippen molar-refractivity contribution in [3.63, 3.8) is 0 Å². The number of hydrogen-bond donors (Lipinski definition) is 3. The van der Waals surface area contributed by atoms with Crippen molar-refractivity contribution in [2.24, 2.45) is 10.1 Å². The lowest BCUT2D eigenvalue weighted by atomic mass is 9.87. The average molecular weight is 463 g/mol. The Kier molecular flexibility index (Phi) is 5.76. The normalized spacial score (nSPS) is 28.3. The highest BCUT2D eigenvalue weighted by Gasteiger charge is 2.49. The number of hydrazone groups is 1. The molecule has 1 aliphatic heterocycles. The second kappa shape index (κ2) is 8.41. The molecule has 12 heteroatoms. The quantitative estimate of drug-likeness (QED) is 0.443. The molecule has 0 bridgehead atoms. The van der Waals surface area contributed by atoms with Crippen molar-refractivity contribution in [3.8, 4) is 0 Å². The molecule has 0 spiro atoms. The Hall–Kier alpha value is -3.57. The third-order valence-electron chi connectivity index (χ3n) is 5.89. The number of amidine groups is 1. The van der Waals surface area contributed by atoms with Crippen LogP contribution in [0.15, 0.2) is 56.5 Å². The van der Waals surface area contributed by atoms with Gasteiger partial charge in [-0.1, -0.05) is 0 Å². The number of nitrogens with one attached hydrogen (secondary N) is 3. The smallest absolute Gasteiger partial charge is 0.274 e. The predicted octanol–water partition coefficient (Wildman–Crippen LogP) is 2.08. The molecule has 176 valence electrons. The Bertz CT molecular complexity index is 1140. The van der Waals surface area contributed by atoms with Gasteiger partial charge in [-0.25, -0.2) is 13.2 Å². The van der Waals surface area contributed by atoms with Crippen LogP contribution in [0, 0.1) is 0 Å². The first-order chi connectivity index (χ1) is 15.7. The zero-order valence-electron chi connectivity index (χ0n) is 18.1. The van der Waals surface area contributed by atoms with Crippen LogP contribution in [0.2, 0.25) is 0 Å². The summed E-state index contributed by atoms with van der Waals surface area (Å²) in [4.78, 5) is 29.5. The third kappa shape index (κ3) is 4.24. The van der Waals surface area contributed by atoms with Crippen LogP contribution in [0.5, 0.6) is 0 Å². The summed E-state index contributed by atoms with van der Waals surface area (Å²) in [6, 6.07) is 1.45. The molecule has 2 saturated carbocycles. The van der Waals surface area contributed by atoms with Crippen molar-refractivity contribution in [1.29, 1.82) is 0 Å². The van der Waals surface area contributed by atoms with E-state index < -0.39 is 35.6 Å². The number of rotatable bonds is 6. The van der Waals surface area contributed by atoms with E-state index in [0.29, 0.717) is 0 Å². The summed E-state index contributed by atoms with van der Waals surface area (Å²) in [5, 5.41) is 13.3. The molecule has 0 aromatic carbocycles. The molecule has 3 aliphatic rings. The fourth-order valence-electron chi connectivity index (χ4n) is 3.65. The fraction of sp³-hybridized carbons (Fsp3) is 0.429. The molecule has 0 radical (unpaired) electrons. The number of halogens is 3. The molecular weight excluding hydrogens is 439 g/mol. The summed E-state index contributed by atoms with van der Waals surface area (Å²) in [5.74, 6) is -2.93. The van der Waals surface area contributed by atoms with E-state index in [9.17, 15) is 22.8 Å². The highest BCUT2D eigenvalue weighted by atomic mass is 19.3. The summed E-state index contributed by atoms with van der Waals surface area (Å²) >= 11 is 0. The minimum absolute atomic E-state index is 0.0716. The van der Waals surface area contributed by atoms with E-state index in [0.717, 1.165) is 0 Å². The van der Waals surface area contributed by atoms with E-state index in [1.165, 1.54) is 35.8 Å². The third-order valence-corrected chi connectivity index (χ3v) is 5.89. The van der Waals surface area contributed by atoms with Crippen LogP contribution < -0.4 is 21.5 Å². The van der Waals surface area contributed by atoms with E-state index in [-0.39, 0.29) is 48.0 Å². The van der Waals surface area contributed by atoms with Crippen LogP contribution in [0.4, 0.5) is 18.9 Å². The van der Waals surface area contributed by atoms with Gasteiger partial charge in [-0.3, -0.25) is 14.6 Å². The van der Waals surface area contributed by atoms with E-state index >= 15 is 0 Å². The first-order valence-corrected chi connectivity index (χ1v) is 10.4. The molecule has 0 saturated heterocycles. The van der Waals surface area contributed by atoms with E-state index in [4.69, 9.17) is 0 Å². The van der Waals surface area contributed by atoms with Gasteiger partial charge in [-0.05, 0) is 25.5 Å². The minimum Gasteiger partial charge on any atom is -0.343 e.